The van der Waals surface area contributed by atoms with Gasteiger partial charge in [-0.25, -0.2) is 0 Å². The highest BCUT2D eigenvalue weighted by Gasteiger charge is 2.43. The quantitative estimate of drug-likeness (QED) is 0.749. The van der Waals surface area contributed by atoms with Crippen molar-refractivity contribution in [3.63, 3.8) is 0 Å². The van der Waals surface area contributed by atoms with Crippen molar-refractivity contribution in [1.29, 1.82) is 0 Å². The minimum absolute atomic E-state index is 0.462. The van der Waals surface area contributed by atoms with Gasteiger partial charge in [-0.1, -0.05) is 18.2 Å². The van der Waals surface area contributed by atoms with E-state index in [2.05, 4.69) is 20.4 Å². The van der Waals surface area contributed by atoms with Gasteiger partial charge in [0.2, 0.25) is 0 Å². The summed E-state index contributed by atoms with van der Waals surface area (Å²) in [5, 5.41) is 23.2. The first kappa shape index (κ1) is 12.8. The first-order valence-corrected chi connectivity index (χ1v) is 7.42. The van der Waals surface area contributed by atoms with Crippen LogP contribution in [-0.4, -0.2) is 41.5 Å². The molecule has 0 unspecified atom stereocenters. The van der Waals surface area contributed by atoms with E-state index in [4.69, 9.17) is 5.73 Å². The molecule has 0 amide bonds. The summed E-state index contributed by atoms with van der Waals surface area (Å²) in [6.45, 7) is 3.68. The molecule has 1 saturated carbocycles. The van der Waals surface area contributed by atoms with Gasteiger partial charge in [0.05, 0.1) is 11.3 Å². The van der Waals surface area contributed by atoms with Gasteiger partial charge in [-0.05, 0) is 12.8 Å². The summed E-state index contributed by atoms with van der Waals surface area (Å²) in [4.78, 5) is 2.25. The van der Waals surface area contributed by atoms with Crippen LogP contribution in [0.5, 0.6) is 0 Å². The summed E-state index contributed by atoms with van der Waals surface area (Å²) < 4.78 is 0. The van der Waals surface area contributed by atoms with E-state index in [1.807, 2.05) is 18.2 Å². The van der Waals surface area contributed by atoms with Crippen molar-refractivity contribution < 1.29 is 5.11 Å². The van der Waals surface area contributed by atoms with E-state index in [9.17, 15) is 5.11 Å². The maximum atomic E-state index is 10.4. The molecule has 4 N–H and O–H groups in total. The second-order valence-electron chi connectivity index (χ2n) is 5.90. The van der Waals surface area contributed by atoms with Crippen LogP contribution in [0.15, 0.2) is 18.2 Å². The van der Waals surface area contributed by atoms with Crippen molar-refractivity contribution >= 4 is 22.4 Å². The third kappa shape index (κ3) is 2.02. The smallest absolute Gasteiger partial charge is 0.170 e. The first-order chi connectivity index (χ1) is 10.2. The number of hydrogen-bond donors (Lipinski definition) is 3. The predicted molar refractivity (Wildman–Crippen MR) is 82.2 cm³/mol. The van der Waals surface area contributed by atoms with Gasteiger partial charge in [0, 0.05) is 37.1 Å². The molecule has 21 heavy (non-hydrogen) atoms. The van der Waals surface area contributed by atoms with Crippen molar-refractivity contribution in [2.75, 3.05) is 36.8 Å². The lowest BCUT2D eigenvalue weighted by atomic mass is 10.0. The minimum atomic E-state index is -0.717. The average Bonchev–Trinajstić information content (AvgIpc) is 3.26. The second-order valence-corrected chi connectivity index (χ2v) is 5.90. The van der Waals surface area contributed by atoms with Crippen LogP contribution >= 0.6 is 0 Å². The largest absolute Gasteiger partial charge is 0.385 e. The molecule has 2 heterocycles. The van der Waals surface area contributed by atoms with Crippen molar-refractivity contribution in [1.82, 2.24) is 15.5 Å². The summed E-state index contributed by atoms with van der Waals surface area (Å²) in [5.74, 6) is 0.462. The Bertz CT molecular complexity index is 692. The van der Waals surface area contributed by atoms with Gasteiger partial charge in [0.25, 0.3) is 0 Å². The zero-order valence-corrected chi connectivity index (χ0v) is 11.8. The molecule has 4 rings (SSSR count). The lowest BCUT2D eigenvalue weighted by Gasteiger charge is -2.31. The van der Waals surface area contributed by atoms with E-state index in [1.165, 1.54) is 0 Å². The number of nitrogens with zero attached hydrogens (tertiary/aromatic N) is 3. The monoisotopic (exact) mass is 285 g/mol. The molecule has 110 valence electrons. The van der Waals surface area contributed by atoms with Gasteiger partial charge in [0.15, 0.2) is 5.82 Å². The molecule has 1 saturated heterocycles. The van der Waals surface area contributed by atoms with Crippen molar-refractivity contribution in [2.45, 2.75) is 18.4 Å². The zero-order chi connectivity index (χ0) is 14.4. The maximum Gasteiger partial charge on any atom is 0.170 e. The van der Waals surface area contributed by atoms with Crippen LogP contribution in [-0.2, 0) is 5.60 Å². The Kier molecular flexibility index (Phi) is 2.77. The van der Waals surface area contributed by atoms with E-state index in [1.54, 1.807) is 0 Å². The summed E-state index contributed by atoms with van der Waals surface area (Å²) >= 11 is 0. The van der Waals surface area contributed by atoms with Crippen LogP contribution in [0.4, 0.5) is 11.5 Å². The standard InChI is InChI=1S/C15H19N5O/c16-14-13(20-8-6-17-7-9-20)10-2-1-3-11(12(10)18-19-14)15(21)4-5-15/h1-3,17,21H,4-9H2,(H2,16,19). The molecule has 1 aromatic carbocycles. The number of nitrogens with one attached hydrogen (secondary N) is 1. The number of benzene rings is 1. The fraction of sp³-hybridized carbons (Fsp3) is 0.467. The topological polar surface area (TPSA) is 87.3 Å². The van der Waals surface area contributed by atoms with Crippen LogP contribution in [0.2, 0.25) is 0 Å². The number of rotatable bonds is 2. The SMILES string of the molecule is Nc1nnc2c(C3(O)CC3)cccc2c1N1CCNCC1. The molecule has 0 spiro atoms. The predicted octanol–water partition coefficient (Wildman–Crippen LogP) is 0.603. The maximum absolute atomic E-state index is 10.4. The molecule has 6 heteroatoms. The van der Waals surface area contributed by atoms with Gasteiger partial charge in [-0.2, -0.15) is 0 Å². The van der Waals surface area contributed by atoms with E-state index >= 15 is 0 Å². The van der Waals surface area contributed by atoms with Gasteiger partial charge in [-0.3, -0.25) is 0 Å². The number of anilines is 2. The number of aliphatic hydroxyl groups is 1. The molecule has 2 fully saturated rings. The minimum Gasteiger partial charge on any atom is -0.385 e. The van der Waals surface area contributed by atoms with Crippen molar-refractivity contribution in [3.05, 3.63) is 23.8 Å². The molecule has 6 nitrogen and oxygen atoms in total. The molecule has 2 aliphatic rings. The number of fused-ring (bicyclic) bond motifs is 1. The third-order valence-electron chi connectivity index (χ3n) is 4.45. The molecule has 2 aromatic rings. The van der Waals surface area contributed by atoms with E-state index in [0.717, 1.165) is 61.2 Å². The fourth-order valence-corrected chi connectivity index (χ4v) is 3.12. The Morgan fingerprint density at radius 2 is 1.95 bits per heavy atom. The number of piperazine rings is 1. The summed E-state index contributed by atoms with van der Waals surface area (Å²) in [6, 6.07) is 5.94. The average molecular weight is 285 g/mol. The molecule has 1 aliphatic heterocycles. The third-order valence-corrected chi connectivity index (χ3v) is 4.45. The van der Waals surface area contributed by atoms with E-state index in [-0.39, 0.29) is 0 Å². The molecular weight excluding hydrogens is 266 g/mol. The van der Waals surface area contributed by atoms with Crippen molar-refractivity contribution in [3.8, 4) is 0 Å². The van der Waals surface area contributed by atoms with Gasteiger partial charge < -0.3 is 21.1 Å². The van der Waals surface area contributed by atoms with Gasteiger partial charge in [-0.15, -0.1) is 10.2 Å². The summed E-state index contributed by atoms with van der Waals surface area (Å²) in [6.07, 6.45) is 1.59. The van der Waals surface area contributed by atoms with Crippen molar-refractivity contribution in [2.24, 2.45) is 0 Å². The Morgan fingerprint density at radius 3 is 2.67 bits per heavy atom. The van der Waals surface area contributed by atoms with Crippen LogP contribution in [0, 0.1) is 0 Å². The number of nitrogens with two attached hydrogens (primary N) is 1. The molecule has 0 bridgehead atoms. The van der Waals surface area contributed by atoms with Gasteiger partial charge >= 0.3 is 0 Å². The molecule has 1 aromatic heterocycles. The lowest BCUT2D eigenvalue weighted by molar-refractivity contribution is 0.153. The van der Waals surface area contributed by atoms with E-state index < -0.39 is 5.60 Å². The summed E-state index contributed by atoms with van der Waals surface area (Å²) in [7, 11) is 0. The molecule has 1 aliphatic carbocycles. The second kappa shape index (κ2) is 4.54. The molecule has 0 radical (unpaired) electrons. The Morgan fingerprint density at radius 1 is 1.19 bits per heavy atom. The highest BCUT2D eigenvalue weighted by Crippen LogP contribution is 2.48. The summed E-state index contributed by atoms with van der Waals surface area (Å²) in [5.41, 5.74) is 7.98. The highest BCUT2D eigenvalue weighted by atomic mass is 16.3. The van der Waals surface area contributed by atoms with Crippen LogP contribution in [0.3, 0.4) is 0 Å². The molecular formula is C15H19N5O. The van der Waals surface area contributed by atoms with Crippen LogP contribution in [0.25, 0.3) is 10.9 Å². The number of hydrogen-bond acceptors (Lipinski definition) is 6. The number of nitrogen functional groups attached to an aromatic ring is 1. The van der Waals surface area contributed by atoms with E-state index in [0.29, 0.717) is 5.82 Å². The Labute approximate surface area is 123 Å². The first-order valence-electron chi connectivity index (χ1n) is 7.42. The highest BCUT2D eigenvalue weighted by molar-refractivity contribution is 5.98. The fourth-order valence-electron chi connectivity index (χ4n) is 3.12. The van der Waals surface area contributed by atoms with Crippen LogP contribution in [0.1, 0.15) is 18.4 Å². The zero-order valence-electron chi connectivity index (χ0n) is 11.8. The normalized spacial score (nSPS) is 20.7. The van der Waals surface area contributed by atoms with Crippen LogP contribution < -0.4 is 16.0 Å². The van der Waals surface area contributed by atoms with Gasteiger partial charge in [0.1, 0.15) is 5.52 Å². The number of aromatic nitrogens is 2. The Hall–Kier alpha value is -1.92. The Balaban J connectivity index is 1.91. The lowest BCUT2D eigenvalue weighted by Crippen LogP contribution is -2.44. The molecule has 0 atom stereocenters.